The van der Waals surface area contributed by atoms with E-state index in [9.17, 15) is 0 Å². The van der Waals surface area contributed by atoms with Crippen LogP contribution in [0.4, 0.5) is 0 Å². The molecule has 0 aromatic heterocycles. The van der Waals surface area contributed by atoms with Crippen LogP contribution in [-0.2, 0) is 0 Å². The number of aryl methyl sites for hydroxylation is 1. The summed E-state index contributed by atoms with van der Waals surface area (Å²) in [5.41, 5.74) is 0.959. The lowest BCUT2D eigenvalue weighted by molar-refractivity contribution is -0.288. The highest BCUT2D eigenvalue weighted by Gasteiger charge is 2.06. The van der Waals surface area contributed by atoms with Crippen molar-refractivity contribution < 1.29 is 11.6 Å². The van der Waals surface area contributed by atoms with Crippen LogP contribution in [0.1, 0.15) is 5.56 Å². The van der Waals surface area contributed by atoms with E-state index < -0.39 is 0 Å². The highest BCUT2D eigenvalue weighted by Crippen LogP contribution is 2.24. The highest BCUT2D eigenvalue weighted by molar-refractivity contribution is 6.34. The predicted octanol–water partition coefficient (Wildman–Crippen LogP) is 3.00. The quantitative estimate of drug-likeness (QED) is 0.560. The van der Waals surface area contributed by atoms with Crippen molar-refractivity contribution in [2.24, 2.45) is 0 Å². The first kappa shape index (κ1) is 8.19. The molecule has 0 spiro atoms. The van der Waals surface area contributed by atoms with Crippen molar-refractivity contribution in [1.82, 2.24) is 0 Å². The zero-order chi connectivity index (χ0) is 7.72. The second-order valence-corrected chi connectivity index (χ2v) is 3.29. The first-order chi connectivity index (χ1) is 4.61. The third-order valence-electron chi connectivity index (χ3n) is 1.21. The van der Waals surface area contributed by atoms with Crippen molar-refractivity contribution in [2.45, 2.75) is 6.92 Å². The third kappa shape index (κ3) is 1.57. The summed E-state index contributed by atoms with van der Waals surface area (Å²) in [7, 11) is 0. The maximum atomic E-state index is 5.76. The standard InChI is InChI=1S/C7H6Cl3/c1-4-2-6(9)7(10)3-5(4)8/h2-3,10H,1H3/q+1. The third-order valence-corrected chi connectivity index (χ3v) is 2.38. The maximum absolute atomic E-state index is 5.76. The predicted molar refractivity (Wildman–Crippen MR) is 41.8 cm³/mol. The van der Waals surface area contributed by atoms with Crippen molar-refractivity contribution >= 4 is 23.2 Å². The Morgan fingerprint density at radius 2 is 1.80 bits per heavy atom. The lowest BCUT2D eigenvalue weighted by atomic mass is 10.2. The van der Waals surface area contributed by atoms with Crippen LogP contribution < -0.4 is 0 Å². The van der Waals surface area contributed by atoms with Gasteiger partial charge in [0.15, 0.2) is 11.6 Å². The Labute approximate surface area is 74.7 Å². The molecule has 10 heavy (non-hydrogen) atoms. The number of halogens is 3. The fraction of sp³-hybridized carbons (Fsp3) is 0.143. The molecular weight excluding hydrogens is 190 g/mol. The number of hydrogen-bond acceptors (Lipinski definition) is 0. The minimum absolute atomic E-state index is 0.594. The van der Waals surface area contributed by atoms with Crippen molar-refractivity contribution in [3.63, 3.8) is 0 Å². The highest BCUT2D eigenvalue weighted by atomic mass is 35.5. The number of benzene rings is 1. The summed E-state index contributed by atoms with van der Waals surface area (Å²) in [5.74, 6) is 0. The first-order valence-corrected chi connectivity index (χ1v) is 3.90. The molecule has 0 atom stereocenters. The van der Waals surface area contributed by atoms with Gasteiger partial charge in [-0.3, -0.25) is 0 Å². The number of rotatable bonds is 0. The molecule has 1 rings (SSSR count). The molecular formula is C7H6Cl3+. The molecule has 0 saturated carbocycles. The average molecular weight is 196 g/mol. The lowest BCUT2D eigenvalue weighted by Crippen LogP contribution is -1.77. The van der Waals surface area contributed by atoms with E-state index in [1.165, 1.54) is 0 Å². The Bertz CT molecular complexity index is 205. The molecule has 1 aromatic carbocycles. The van der Waals surface area contributed by atoms with Crippen LogP contribution in [0.15, 0.2) is 12.1 Å². The molecule has 0 heterocycles. The molecule has 0 nitrogen and oxygen atoms in total. The van der Waals surface area contributed by atoms with E-state index in [2.05, 4.69) is 0 Å². The Morgan fingerprint density at radius 1 is 1.20 bits per heavy atom. The zero-order valence-corrected chi connectivity index (χ0v) is 7.65. The van der Waals surface area contributed by atoms with Gasteiger partial charge in [0.05, 0.1) is 0 Å². The molecule has 3 heteroatoms. The summed E-state index contributed by atoms with van der Waals surface area (Å²) in [6, 6.07) is 3.46. The fourth-order valence-corrected chi connectivity index (χ4v) is 1.25. The molecule has 0 radical (unpaired) electrons. The second-order valence-electron chi connectivity index (χ2n) is 2.03. The summed E-state index contributed by atoms with van der Waals surface area (Å²) in [5, 5.41) is 1.88. The van der Waals surface area contributed by atoms with Gasteiger partial charge in [-0.1, -0.05) is 23.2 Å². The van der Waals surface area contributed by atoms with Gasteiger partial charge in [0.2, 0.25) is 5.02 Å². The largest absolute Gasteiger partial charge is 0.245 e. The van der Waals surface area contributed by atoms with Gasteiger partial charge < -0.3 is 0 Å². The second kappa shape index (κ2) is 3.00. The SMILES string of the molecule is Cc1cc(Cl)c([ClH+])cc1Cl. The molecule has 0 unspecified atom stereocenters. The van der Waals surface area contributed by atoms with E-state index >= 15 is 0 Å². The van der Waals surface area contributed by atoms with E-state index in [1.54, 1.807) is 12.1 Å². The van der Waals surface area contributed by atoms with Crippen molar-refractivity contribution in [3.8, 4) is 0 Å². The van der Waals surface area contributed by atoms with Crippen molar-refractivity contribution in [3.05, 3.63) is 32.8 Å². The smallest absolute Gasteiger partial charge is 0.0838 e. The van der Waals surface area contributed by atoms with E-state index in [1.807, 2.05) is 6.92 Å². The average Bonchev–Trinajstić information content (AvgIpc) is 1.84. The van der Waals surface area contributed by atoms with Crippen LogP contribution in [-0.4, -0.2) is 0 Å². The first-order valence-electron chi connectivity index (χ1n) is 2.74. The van der Waals surface area contributed by atoms with Crippen LogP contribution in [0, 0.1) is 18.5 Å². The normalized spacial score (nSPS) is 10.0. The van der Waals surface area contributed by atoms with Crippen LogP contribution in [0.2, 0.25) is 15.1 Å². The summed E-state index contributed by atoms with van der Waals surface area (Å²) in [6.07, 6.45) is 0. The molecule has 0 aliphatic heterocycles. The molecule has 0 bridgehead atoms. The Morgan fingerprint density at radius 3 is 2.30 bits per heavy atom. The van der Waals surface area contributed by atoms with E-state index in [4.69, 9.17) is 34.8 Å². The molecule has 0 N–H and O–H groups in total. The zero-order valence-electron chi connectivity index (χ0n) is 5.32. The Kier molecular flexibility index (Phi) is 2.45. The molecule has 0 amide bonds. The Balaban J connectivity index is 3.28. The summed E-state index contributed by atoms with van der Waals surface area (Å²) < 4.78 is 0. The monoisotopic (exact) mass is 195 g/mol. The van der Waals surface area contributed by atoms with Crippen molar-refractivity contribution in [1.29, 1.82) is 0 Å². The van der Waals surface area contributed by atoms with E-state index in [0.717, 1.165) is 5.56 Å². The minimum atomic E-state index is 0.594. The van der Waals surface area contributed by atoms with Gasteiger partial charge >= 0.3 is 0 Å². The van der Waals surface area contributed by atoms with Crippen molar-refractivity contribution in [2.75, 3.05) is 0 Å². The Hall–Kier alpha value is 0.0900. The topological polar surface area (TPSA) is 0 Å². The molecule has 0 aliphatic carbocycles. The summed E-state index contributed by atoms with van der Waals surface area (Å²) in [6.45, 7) is 1.89. The molecule has 0 aliphatic rings. The summed E-state index contributed by atoms with van der Waals surface area (Å²) in [4.78, 5) is 0. The molecule has 54 valence electrons. The molecule has 1 aromatic rings. The summed E-state index contributed by atoms with van der Waals surface area (Å²) >= 11 is 16.4. The molecule has 0 fully saturated rings. The van der Waals surface area contributed by atoms with Gasteiger partial charge in [-0.05, 0) is 18.6 Å². The minimum Gasteiger partial charge on any atom is -0.0838 e. The maximum Gasteiger partial charge on any atom is 0.245 e. The van der Waals surface area contributed by atoms with Gasteiger partial charge in [-0.25, -0.2) is 0 Å². The number of hydrogen-bond donors (Lipinski definition) is 0. The van der Waals surface area contributed by atoms with Crippen LogP contribution in [0.25, 0.3) is 0 Å². The van der Waals surface area contributed by atoms with Crippen LogP contribution in [0.5, 0.6) is 0 Å². The van der Waals surface area contributed by atoms with Gasteiger partial charge in [0, 0.05) is 11.1 Å². The van der Waals surface area contributed by atoms with E-state index in [0.29, 0.717) is 15.1 Å². The van der Waals surface area contributed by atoms with Crippen LogP contribution in [0.3, 0.4) is 0 Å². The van der Waals surface area contributed by atoms with Gasteiger partial charge in [-0.15, -0.1) is 0 Å². The van der Waals surface area contributed by atoms with Gasteiger partial charge in [0.1, 0.15) is 5.02 Å². The van der Waals surface area contributed by atoms with Gasteiger partial charge in [-0.2, -0.15) is 0 Å². The van der Waals surface area contributed by atoms with E-state index in [-0.39, 0.29) is 0 Å². The van der Waals surface area contributed by atoms with Gasteiger partial charge in [0.25, 0.3) is 0 Å². The lowest BCUT2D eigenvalue weighted by Gasteiger charge is -1.94. The molecule has 0 saturated heterocycles. The fourth-order valence-electron chi connectivity index (χ4n) is 0.628. The van der Waals surface area contributed by atoms with Crippen LogP contribution >= 0.6 is 23.2 Å².